The number of carbonyl (C=O) groups excluding carboxylic acids is 6. The van der Waals surface area contributed by atoms with Crippen molar-refractivity contribution in [2.24, 2.45) is 0 Å². The molecule has 0 radical (unpaired) electrons. The van der Waals surface area contributed by atoms with Crippen LogP contribution in [0.15, 0.2) is 84.4 Å². The van der Waals surface area contributed by atoms with Crippen molar-refractivity contribution >= 4 is 99.6 Å². The number of halogens is 2. The molecule has 0 spiro atoms. The van der Waals surface area contributed by atoms with Crippen LogP contribution in [0.2, 0.25) is 0 Å². The lowest BCUT2D eigenvalue weighted by Gasteiger charge is -2.23. The quantitative estimate of drug-likeness (QED) is 0.0460. The second kappa shape index (κ2) is 20.2. The maximum absolute atomic E-state index is 14.0. The van der Waals surface area contributed by atoms with Crippen molar-refractivity contribution in [1.82, 2.24) is 14.7 Å². The lowest BCUT2D eigenvalue weighted by Crippen LogP contribution is -2.38. The maximum atomic E-state index is 14.0. The van der Waals surface area contributed by atoms with E-state index in [1.807, 2.05) is 24.3 Å². The van der Waals surface area contributed by atoms with Crippen molar-refractivity contribution in [3.05, 3.63) is 95.6 Å². The molecule has 4 aromatic rings. The number of rotatable bonds is 17. The summed E-state index contributed by atoms with van der Waals surface area (Å²) in [5.41, 5.74) is 3.78. The van der Waals surface area contributed by atoms with Crippen LogP contribution in [0.3, 0.4) is 0 Å². The Bertz CT molecular complexity index is 2650. The average Bonchev–Trinajstić information content (AvgIpc) is 3.93. The van der Waals surface area contributed by atoms with E-state index in [1.54, 1.807) is 55.4 Å². The van der Waals surface area contributed by atoms with E-state index >= 15 is 0 Å². The van der Waals surface area contributed by atoms with Gasteiger partial charge >= 0.3 is 13.9 Å². The van der Waals surface area contributed by atoms with Gasteiger partial charge in [0.25, 0.3) is 11.8 Å². The number of ether oxygens (including phenoxy) is 1. The standard InChI is InChI=1S/C46H48Cl2N5O11P/c1-49(39(54)15-4-3-9-22-51-42(57)18-19-43(51)58)23-24-50(2)46(59)63-37-25-35-44(32-13-7-5-11-30(32)37)29(20-21-47)27-52(35)40(55)16-10-17-41(56)53-28-34(48)45-33-14-8-6-12-31(33)38(26-36(45)53)64-65(60,61)62/h5-8,11-14,18-21,25-26,29,34H,3-4,9-10,15-17,22-24,27-28H2,1-2H3,(H2,60,61,62)/b21-20+/t29?,34-/m1/s1. The van der Waals surface area contributed by atoms with Crippen LogP contribution in [0.5, 0.6) is 11.5 Å². The minimum atomic E-state index is -4.94. The molecule has 0 fully saturated rings. The molecular formula is C46H48Cl2N5O11P. The Morgan fingerprint density at radius 2 is 1.31 bits per heavy atom. The summed E-state index contributed by atoms with van der Waals surface area (Å²) in [4.78, 5) is 104. The summed E-state index contributed by atoms with van der Waals surface area (Å²) in [5.74, 6) is -1.49. The lowest BCUT2D eigenvalue weighted by molar-refractivity contribution is -0.137. The SMILES string of the molecule is CN(CCN(C)C(=O)Oc1cc2c(c3ccccc13)C(/C=C/Cl)CN2C(=O)CCCC(=O)N1C[C@@H](Cl)c2c1cc(OP(=O)(O)O)c1ccccc21)C(=O)CCCCCN1C(=O)C=CC1=O. The number of unbranched alkanes of at least 4 members (excludes halogenated alkanes) is 2. The molecule has 342 valence electrons. The molecule has 3 heterocycles. The molecule has 2 atom stereocenters. The molecule has 0 aromatic heterocycles. The summed E-state index contributed by atoms with van der Waals surface area (Å²) in [6, 6.07) is 17.3. The summed E-state index contributed by atoms with van der Waals surface area (Å²) in [5, 5.41) is 1.85. The van der Waals surface area contributed by atoms with Gasteiger partial charge in [-0.05, 0) is 35.6 Å². The van der Waals surface area contributed by atoms with E-state index in [0.717, 1.165) is 10.9 Å². The van der Waals surface area contributed by atoms with Crippen LogP contribution in [0.4, 0.5) is 16.2 Å². The highest BCUT2D eigenvalue weighted by Crippen LogP contribution is 2.50. The fraction of sp³-hybridized carbons (Fsp3) is 0.348. The molecule has 7 rings (SSSR count). The highest BCUT2D eigenvalue weighted by molar-refractivity contribution is 7.46. The van der Waals surface area contributed by atoms with E-state index in [9.17, 15) is 43.1 Å². The zero-order valence-electron chi connectivity index (χ0n) is 35.7. The van der Waals surface area contributed by atoms with Crippen LogP contribution in [-0.2, 0) is 28.5 Å². The molecule has 6 amide bonds. The average molecular weight is 949 g/mol. The van der Waals surface area contributed by atoms with E-state index in [4.69, 9.17) is 32.5 Å². The van der Waals surface area contributed by atoms with Gasteiger partial charge < -0.3 is 28.9 Å². The molecule has 19 heteroatoms. The van der Waals surface area contributed by atoms with Crippen LogP contribution in [0.25, 0.3) is 21.5 Å². The van der Waals surface area contributed by atoms with Gasteiger partial charge in [-0.3, -0.25) is 38.7 Å². The zero-order valence-corrected chi connectivity index (χ0v) is 38.1. The number of alkyl halides is 1. The van der Waals surface area contributed by atoms with E-state index < -0.39 is 19.3 Å². The maximum Gasteiger partial charge on any atom is 0.524 e. The number of benzene rings is 4. The number of imide groups is 1. The van der Waals surface area contributed by atoms with Crippen molar-refractivity contribution < 1.29 is 52.4 Å². The third-order valence-electron chi connectivity index (χ3n) is 11.8. The first-order valence-corrected chi connectivity index (χ1v) is 23.5. The number of fused-ring (bicyclic) bond motifs is 6. The number of phosphoric ester groups is 1. The minimum absolute atomic E-state index is 0.00691. The number of carbonyl (C=O) groups is 6. The molecule has 1 unspecified atom stereocenters. The molecule has 0 bridgehead atoms. The predicted octanol–water partition coefficient (Wildman–Crippen LogP) is 7.52. The smallest absolute Gasteiger partial charge is 0.409 e. The number of hydrogen-bond donors (Lipinski definition) is 2. The predicted molar refractivity (Wildman–Crippen MR) is 246 cm³/mol. The van der Waals surface area contributed by atoms with E-state index in [1.165, 1.54) is 43.4 Å². The van der Waals surface area contributed by atoms with Gasteiger partial charge in [-0.1, -0.05) is 72.6 Å². The number of nitrogens with zero attached hydrogens (tertiary/aromatic N) is 5. The van der Waals surface area contributed by atoms with Crippen molar-refractivity contribution in [3.8, 4) is 11.5 Å². The van der Waals surface area contributed by atoms with Crippen LogP contribution in [0, 0.1) is 0 Å². The topological polar surface area (TPSA) is 195 Å². The second-order valence-corrected chi connectivity index (χ2v) is 18.1. The first kappa shape index (κ1) is 47.2. The Balaban J connectivity index is 0.983. The summed E-state index contributed by atoms with van der Waals surface area (Å²) < 4.78 is 22.8. The summed E-state index contributed by atoms with van der Waals surface area (Å²) >= 11 is 12.9. The van der Waals surface area contributed by atoms with Crippen LogP contribution < -0.4 is 19.1 Å². The van der Waals surface area contributed by atoms with E-state index in [-0.39, 0.29) is 98.8 Å². The van der Waals surface area contributed by atoms with Crippen molar-refractivity contribution in [2.75, 3.05) is 56.6 Å². The fourth-order valence-electron chi connectivity index (χ4n) is 8.52. The Morgan fingerprint density at radius 3 is 1.94 bits per heavy atom. The first-order valence-electron chi connectivity index (χ1n) is 21.1. The van der Waals surface area contributed by atoms with Gasteiger partial charge in [0, 0.05) is 118 Å². The summed E-state index contributed by atoms with van der Waals surface area (Å²) in [6.07, 6.45) is 5.87. The van der Waals surface area contributed by atoms with Gasteiger partial charge in [-0.15, -0.1) is 11.6 Å². The molecular weight excluding hydrogens is 900 g/mol. The first-order chi connectivity index (χ1) is 31.1. The third-order valence-corrected chi connectivity index (χ3v) is 12.8. The molecule has 0 saturated heterocycles. The van der Waals surface area contributed by atoms with Gasteiger partial charge in [-0.2, -0.15) is 0 Å². The van der Waals surface area contributed by atoms with E-state index in [2.05, 4.69) is 0 Å². The second-order valence-electron chi connectivity index (χ2n) is 16.1. The number of likely N-dealkylation sites (N-methyl/N-ethyl adjacent to an activating group) is 2. The van der Waals surface area contributed by atoms with Crippen LogP contribution in [0.1, 0.15) is 67.4 Å². The number of phosphoric acid groups is 1. The normalized spacial score (nSPS) is 16.8. The monoisotopic (exact) mass is 947 g/mol. The van der Waals surface area contributed by atoms with Gasteiger partial charge in [-0.25, -0.2) is 9.36 Å². The molecule has 0 saturated carbocycles. The highest BCUT2D eigenvalue weighted by Gasteiger charge is 2.37. The Hall–Kier alpha value is -5.77. The Kier molecular flexibility index (Phi) is 14.6. The molecule has 16 nitrogen and oxygen atoms in total. The number of amides is 6. The van der Waals surface area contributed by atoms with Crippen LogP contribution >= 0.6 is 31.0 Å². The van der Waals surface area contributed by atoms with Crippen molar-refractivity contribution in [2.45, 2.75) is 56.2 Å². The highest BCUT2D eigenvalue weighted by atomic mass is 35.5. The van der Waals surface area contributed by atoms with Crippen molar-refractivity contribution in [1.29, 1.82) is 0 Å². The molecule has 3 aliphatic heterocycles. The van der Waals surface area contributed by atoms with Crippen LogP contribution in [-0.4, -0.2) is 107 Å². The zero-order chi connectivity index (χ0) is 46.6. The van der Waals surface area contributed by atoms with Gasteiger partial charge in [0.2, 0.25) is 17.7 Å². The molecule has 2 N–H and O–H groups in total. The Labute approximate surface area is 385 Å². The molecule has 4 aromatic carbocycles. The van der Waals surface area contributed by atoms with Crippen molar-refractivity contribution in [3.63, 3.8) is 0 Å². The van der Waals surface area contributed by atoms with Gasteiger partial charge in [0.1, 0.15) is 11.5 Å². The largest absolute Gasteiger partial charge is 0.524 e. The molecule has 3 aliphatic rings. The molecule has 65 heavy (non-hydrogen) atoms. The lowest BCUT2D eigenvalue weighted by atomic mass is 9.94. The molecule has 0 aliphatic carbocycles. The summed E-state index contributed by atoms with van der Waals surface area (Å²) in [7, 11) is -1.72. The Morgan fingerprint density at radius 1 is 0.754 bits per heavy atom. The number of hydrogen-bond acceptors (Lipinski definition) is 9. The number of anilines is 2. The third kappa shape index (κ3) is 10.5. The van der Waals surface area contributed by atoms with E-state index in [0.29, 0.717) is 58.9 Å². The van der Waals surface area contributed by atoms with Gasteiger partial charge in [0.05, 0.1) is 16.8 Å². The minimum Gasteiger partial charge on any atom is -0.409 e. The summed E-state index contributed by atoms with van der Waals surface area (Å²) in [6.45, 7) is 1.10. The van der Waals surface area contributed by atoms with Gasteiger partial charge in [0.15, 0.2) is 0 Å². The fourth-order valence-corrected chi connectivity index (χ4v) is 9.47.